The monoisotopic (exact) mass is 400 g/mol. The van der Waals surface area contributed by atoms with E-state index in [9.17, 15) is 14.9 Å². The fraction of sp³-hybridized carbons (Fsp3) is 0.0435. The van der Waals surface area contributed by atoms with Crippen LogP contribution in [0.5, 0.6) is 5.75 Å². The third kappa shape index (κ3) is 4.25. The van der Waals surface area contributed by atoms with Gasteiger partial charge in [-0.25, -0.2) is 9.79 Å². The second-order valence-corrected chi connectivity index (χ2v) is 6.46. The number of hydrogen-bond donors (Lipinski definition) is 0. The van der Waals surface area contributed by atoms with Gasteiger partial charge >= 0.3 is 5.97 Å². The molecule has 0 saturated carbocycles. The number of ether oxygens (including phenoxy) is 2. The summed E-state index contributed by atoms with van der Waals surface area (Å²) in [5.41, 5.74) is 2.03. The summed E-state index contributed by atoms with van der Waals surface area (Å²) in [6, 6.07) is 22.8. The average Bonchev–Trinajstić information content (AvgIpc) is 3.14. The molecule has 0 bridgehead atoms. The van der Waals surface area contributed by atoms with Crippen LogP contribution < -0.4 is 4.74 Å². The first-order chi connectivity index (χ1) is 14.6. The maximum atomic E-state index is 12.3. The molecule has 1 heterocycles. The number of aliphatic imine (C=N–C) groups is 1. The first kappa shape index (κ1) is 19.1. The predicted octanol–water partition coefficient (Wildman–Crippen LogP) is 4.52. The van der Waals surface area contributed by atoms with Gasteiger partial charge in [0.25, 0.3) is 5.69 Å². The Morgan fingerprint density at radius 3 is 2.57 bits per heavy atom. The molecule has 0 radical (unpaired) electrons. The first-order valence-corrected chi connectivity index (χ1v) is 9.13. The number of carbonyl (C=O) groups is 1. The van der Waals surface area contributed by atoms with Crippen molar-refractivity contribution in [2.75, 3.05) is 0 Å². The van der Waals surface area contributed by atoms with Crippen molar-refractivity contribution in [1.29, 1.82) is 0 Å². The Hall–Kier alpha value is -4.26. The number of non-ortho nitro benzene ring substituents is 1. The van der Waals surface area contributed by atoms with E-state index in [2.05, 4.69) is 4.99 Å². The number of nitro groups is 1. The van der Waals surface area contributed by atoms with Crippen molar-refractivity contribution in [3.8, 4) is 5.75 Å². The molecule has 0 N–H and O–H groups in total. The van der Waals surface area contributed by atoms with Crippen molar-refractivity contribution in [1.82, 2.24) is 0 Å². The molecule has 0 aromatic heterocycles. The zero-order valence-corrected chi connectivity index (χ0v) is 15.7. The summed E-state index contributed by atoms with van der Waals surface area (Å²) in [5, 5.41) is 11.0. The zero-order chi connectivity index (χ0) is 20.9. The van der Waals surface area contributed by atoms with Crippen LogP contribution in [0.2, 0.25) is 0 Å². The van der Waals surface area contributed by atoms with Crippen LogP contribution in [0, 0.1) is 10.1 Å². The molecule has 0 atom stereocenters. The van der Waals surface area contributed by atoms with Crippen LogP contribution in [0.4, 0.5) is 5.69 Å². The molecule has 4 rings (SSSR count). The van der Waals surface area contributed by atoms with Crippen LogP contribution >= 0.6 is 0 Å². The van der Waals surface area contributed by atoms with Crippen LogP contribution in [0.25, 0.3) is 6.08 Å². The Labute approximate surface area is 172 Å². The van der Waals surface area contributed by atoms with E-state index in [0.29, 0.717) is 23.5 Å². The second-order valence-electron chi connectivity index (χ2n) is 6.46. The lowest BCUT2D eigenvalue weighted by Crippen LogP contribution is -2.05. The fourth-order valence-electron chi connectivity index (χ4n) is 2.90. The number of nitrogens with zero attached hydrogens (tertiary/aromatic N) is 2. The number of hydrogen-bond acceptors (Lipinski definition) is 6. The molecule has 1 aliphatic rings. The van der Waals surface area contributed by atoms with E-state index in [-0.39, 0.29) is 17.3 Å². The highest BCUT2D eigenvalue weighted by atomic mass is 16.6. The topological polar surface area (TPSA) is 91.0 Å². The molecule has 1 aliphatic heterocycles. The molecule has 7 heteroatoms. The number of cyclic esters (lactones) is 1. The van der Waals surface area contributed by atoms with Crippen LogP contribution in [-0.4, -0.2) is 16.8 Å². The molecular formula is C23H16N2O5. The lowest BCUT2D eigenvalue weighted by Gasteiger charge is -2.09. The minimum Gasteiger partial charge on any atom is -0.488 e. The van der Waals surface area contributed by atoms with Gasteiger partial charge in [-0.1, -0.05) is 54.6 Å². The van der Waals surface area contributed by atoms with Gasteiger partial charge in [-0.15, -0.1) is 0 Å². The fourth-order valence-corrected chi connectivity index (χ4v) is 2.90. The Kier molecular flexibility index (Phi) is 5.34. The van der Waals surface area contributed by atoms with Gasteiger partial charge in [0, 0.05) is 23.3 Å². The van der Waals surface area contributed by atoms with E-state index in [1.165, 1.54) is 18.2 Å². The number of nitro benzene ring substituents is 1. The van der Waals surface area contributed by atoms with Gasteiger partial charge in [0.1, 0.15) is 12.4 Å². The Balaban J connectivity index is 1.59. The normalized spacial score (nSPS) is 14.3. The molecule has 0 spiro atoms. The van der Waals surface area contributed by atoms with Crippen molar-refractivity contribution < 1.29 is 19.2 Å². The van der Waals surface area contributed by atoms with Gasteiger partial charge in [-0.05, 0) is 23.8 Å². The predicted molar refractivity (Wildman–Crippen MR) is 111 cm³/mol. The Bertz CT molecular complexity index is 1170. The summed E-state index contributed by atoms with van der Waals surface area (Å²) in [6.45, 7) is 0.383. The van der Waals surface area contributed by atoms with Gasteiger partial charge in [0.05, 0.1) is 4.92 Å². The minimum absolute atomic E-state index is 0.0256. The third-order valence-electron chi connectivity index (χ3n) is 4.37. The number of para-hydroxylation sites is 1. The lowest BCUT2D eigenvalue weighted by molar-refractivity contribution is -0.384. The molecule has 0 aliphatic carbocycles. The van der Waals surface area contributed by atoms with E-state index >= 15 is 0 Å². The van der Waals surface area contributed by atoms with Gasteiger partial charge < -0.3 is 9.47 Å². The molecule has 0 unspecified atom stereocenters. The largest absolute Gasteiger partial charge is 0.488 e. The highest BCUT2D eigenvalue weighted by molar-refractivity contribution is 6.13. The molecule has 148 valence electrons. The number of esters is 1. The highest BCUT2D eigenvalue weighted by Crippen LogP contribution is 2.26. The Morgan fingerprint density at radius 1 is 1.00 bits per heavy atom. The van der Waals surface area contributed by atoms with Crippen LogP contribution in [0.15, 0.2) is 89.6 Å². The van der Waals surface area contributed by atoms with E-state index in [1.807, 2.05) is 48.5 Å². The van der Waals surface area contributed by atoms with E-state index in [4.69, 9.17) is 9.47 Å². The Morgan fingerprint density at radius 2 is 1.77 bits per heavy atom. The van der Waals surface area contributed by atoms with Crippen LogP contribution in [-0.2, 0) is 16.1 Å². The maximum Gasteiger partial charge on any atom is 0.363 e. The molecule has 7 nitrogen and oxygen atoms in total. The standard InChI is InChI=1S/C23H16N2O5/c26-23-20(24-22(30-23)18-10-6-11-19(13-18)25(27)28)14-17-9-4-5-12-21(17)29-15-16-7-2-1-3-8-16/h1-14H,15H2. The molecular weight excluding hydrogens is 384 g/mol. The van der Waals surface area contributed by atoms with Gasteiger partial charge in [0.15, 0.2) is 5.70 Å². The maximum absolute atomic E-state index is 12.3. The highest BCUT2D eigenvalue weighted by Gasteiger charge is 2.25. The quantitative estimate of drug-likeness (QED) is 0.263. The molecule has 30 heavy (non-hydrogen) atoms. The number of carbonyl (C=O) groups excluding carboxylic acids is 1. The summed E-state index contributed by atoms with van der Waals surface area (Å²) < 4.78 is 11.1. The molecule has 0 amide bonds. The minimum atomic E-state index is -0.630. The van der Waals surface area contributed by atoms with Crippen LogP contribution in [0.1, 0.15) is 16.7 Å². The molecule has 0 fully saturated rings. The second kappa shape index (κ2) is 8.40. The third-order valence-corrected chi connectivity index (χ3v) is 4.37. The van der Waals surface area contributed by atoms with Crippen molar-refractivity contribution in [3.63, 3.8) is 0 Å². The average molecular weight is 400 g/mol. The van der Waals surface area contributed by atoms with E-state index in [1.54, 1.807) is 18.2 Å². The molecule has 3 aromatic rings. The summed E-state index contributed by atoms with van der Waals surface area (Å²) in [5.74, 6) is -0.00680. The lowest BCUT2D eigenvalue weighted by atomic mass is 10.1. The SMILES string of the molecule is O=C1OC(c2cccc([N+](=O)[O-])c2)=NC1=Cc1ccccc1OCc1ccccc1. The summed E-state index contributed by atoms with van der Waals surface area (Å²) >= 11 is 0. The zero-order valence-electron chi connectivity index (χ0n) is 15.7. The molecule has 0 saturated heterocycles. The first-order valence-electron chi connectivity index (χ1n) is 9.13. The van der Waals surface area contributed by atoms with Crippen LogP contribution in [0.3, 0.4) is 0 Å². The van der Waals surface area contributed by atoms with Crippen molar-refractivity contribution in [2.45, 2.75) is 6.61 Å². The van der Waals surface area contributed by atoms with Crippen molar-refractivity contribution >= 4 is 23.6 Å². The van der Waals surface area contributed by atoms with Gasteiger partial charge in [-0.2, -0.15) is 0 Å². The smallest absolute Gasteiger partial charge is 0.363 e. The molecule has 3 aromatic carbocycles. The summed E-state index contributed by atoms with van der Waals surface area (Å²) in [7, 11) is 0. The van der Waals surface area contributed by atoms with Crippen molar-refractivity contribution in [2.24, 2.45) is 4.99 Å². The van der Waals surface area contributed by atoms with Gasteiger partial charge in [0.2, 0.25) is 5.90 Å². The number of rotatable bonds is 6. The van der Waals surface area contributed by atoms with Gasteiger partial charge in [-0.3, -0.25) is 10.1 Å². The van der Waals surface area contributed by atoms with E-state index < -0.39 is 10.9 Å². The number of benzene rings is 3. The van der Waals surface area contributed by atoms with Crippen molar-refractivity contribution in [3.05, 3.63) is 111 Å². The summed E-state index contributed by atoms with van der Waals surface area (Å²) in [6.07, 6.45) is 1.58. The summed E-state index contributed by atoms with van der Waals surface area (Å²) in [4.78, 5) is 27.0. The van der Waals surface area contributed by atoms with E-state index in [0.717, 1.165) is 5.56 Å².